The molecule has 0 saturated heterocycles. The molecule has 0 aliphatic carbocycles. The molecule has 7 heteroatoms. The third kappa shape index (κ3) is 2.73. The van der Waals surface area contributed by atoms with Gasteiger partial charge in [-0.1, -0.05) is 0 Å². The Bertz CT molecular complexity index is 383. The molecular formula is C8H9BrF2N4. The lowest BCUT2D eigenvalue weighted by molar-refractivity contribution is 0.121. The van der Waals surface area contributed by atoms with Gasteiger partial charge in [0.1, 0.15) is 12.6 Å². The highest BCUT2D eigenvalue weighted by Crippen LogP contribution is 2.21. The van der Waals surface area contributed by atoms with E-state index < -0.39 is 13.0 Å². The van der Waals surface area contributed by atoms with Crippen LogP contribution in [0.25, 0.3) is 0 Å². The van der Waals surface area contributed by atoms with Crippen molar-refractivity contribution in [2.75, 3.05) is 7.05 Å². The van der Waals surface area contributed by atoms with E-state index in [0.717, 1.165) is 4.68 Å². The van der Waals surface area contributed by atoms with Crippen LogP contribution in [0, 0.1) is 11.3 Å². The molecule has 1 N–H and O–H groups in total. The van der Waals surface area contributed by atoms with Crippen LogP contribution in [0.2, 0.25) is 0 Å². The zero-order valence-electron chi connectivity index (χ0n) is 7.97. The molecule has 0 radical (unpaired) electrons. The van der Waals surface area contributed by atoms with Gasteiger partial charge in [0.15, 0.2) is 5.69 Å². The Kier molecular flexibility index (Phi) is 4.17. The number of nitrogens with one attached hydrogen (secondary N) is 1. The van der Waals surface area contributed by atoms with E-state index in [-0.39, 0.29) is 5.69 Å². The maximum Gasteiger partial charge on any atom is 0.257 e. The predicted molar refractivity (Wildman–Crippen MR) is 53.4 cm³/mol. The molecule has 1 heterocycles. The van der Waals surface area contributed by atoms with Crippen molar-refractivity contribution in [1.29, 1.82) is 5.26 Å². The van der Waals surface area contributed by atoms with Crippen LogP contribution in [0.1, 0.15) is 11.4 Å². The quantitative estimate of drug-likeness (QED) is 0.908. The lowest BCUT2D eigenvalue weighted by Gasteiger charge is -2.00. The van der Waals surface area contributed by atoms with Gasteiger partial charge in [0, 0.05) is 6.54 Å². The Labute approximate surface area is 94.0 Å². The molecule has 4 nitrogen and oxygen atoms in total. The van der Waals surface area contributed by atoms with Crippen LogP contribution >= 0.6 is 15.9 Å². The largest absolute Gasteiger partial charge is 0.314 e. The van der Waals surface area contributed by atoms with E-state index in [2.05, 4.69) is 26.3 Å². The summed E-state index contributed by atoms with van der Waals surface area (Å²) in [7, 11) is 1.71. The van der Waals surface area contributed by atoms with Crippen LogP contribution in [-0.2, 0) is 13.1 Å². The van der Waals surface area contributed by atoms with E-state index in [1.807, 2.05) is 6.07 Å². The van der Waals surface area contributed by atoms with Gasteiger partial charge >= 0.3 is 0 Å². The first-order chi connectivity index (χ1) is 7.10. The molecule has 0 aliphatic rings. The Balaban J connectivity index is 3.05. The van der Waals surface area contributed by atoms with Gasteiger partial charge in [0.2, 0.25) is 0 Å². The van der Waals surface area contributed by atoms with Gasteiger partial charge in [-0.3, -0.25) is 0 Å². The Morgan fingerprint density at radius 1 is 1.67 bits per heavy atom. The predicted octanol–water partition coefficient (Wildman–Crippen LogP) is 1.50. The van der Waals surface area contributed by atoms with E-state index in [4.69, 9.17) is 5.26 Å². The smallest absolute Gasteiger partial charge is 0.257 e. The number of rotatable bonds is 4. The van der Waals surface area contributed by atoms with Crippen LogP contribution in [-0.4, -0.2) is 23.3 Å². The normalized spacial score (nSPS) is 10.7. The summed E-state index contributed by atoms with van der Waals surface area (Å²) in [5.41, 5.74) is 0.676. The Hall–Kier alpha value is -1.00. The van der Waals surface area contributed by atoms with Gasteiger partial charge in [0.05, 0.1) is 10.2 Å². The van der Waals surface area contributed by atoms with Gasteiger partial charge in [-0.05, 0) is 23.0 Å². The number of nitrogens with zero attached hydrogens (tertiary/aromatic N) is 3. The third-order valence-corrected chi connectivity index (χ3v) is 2.56. The first-order valence-corrected chi connectivity index (χ1v) is 4.97. The highest BCUT2D eigenvalue weighted by Gasteiger charge is 2.17. The molecule has 1 rings (SSSR count). The minimum atomic E-state index is -2.52. The molecule has 0 unspecified atom stereocenters. The minimum Gasteiger partial charge on any atom is -0.314 e. The number of halogens is 3. The molecule has 0 aromatic carbocycles. The topological polar surface area (TPSA) is 53.6 Å². The minimum absolute atomic E-state index is 0.126. The molecule has 0 saturated carbocycles. The van der Waals surface area contributed by atoms with E-state index in [0.29, 0.717) is 16.7 Å². The molecule has 0 atom stereocenters. The Morgan fingerprint density at radius 2 is 2.33 bits per heavy atom. The molecule has 1 aromatic rings. The van der Waals surface area contributed by atoms with Crippen molar-refractivity contribution in [3.05, 3.63) is 15.9 Å². The molecule has 0 fully saturated rings. The molecular weight excluding hydrogens is 270 g/mol. The van der Waals surface area contributed by atoms with Crippen molar-refractivity contribution in [1.82, 2.24) is 15.1 Å². The second-order valence-corrected chi connectivity index (χ2v) is 3.62. The van der Waals surface area contributed by atoms with Crippen LogP contribution < -0.4 is 5.32 Å². The summed E-state index contributed by atoms with van der Waals surface area (Å²) in [6.45, 7) is -0.142. The van der Waals surface area contributed by atoms with Crippen molar-refractivity contribution in [2.45, 2.75) is 19.5 Å². The lowest BCUT2D eigenvalue weighted by atomic mass is 10.3. The lowest BCUT2D eigenvalue weighted by Crippen LogP contribution is -2.11. The van der Waals surface area contributed by atoms with Crippen LogP contribution in [0.5, 0.6) is 0 Å². The van der Waals surface area contributed by atoms with Gasteiger partial charge in [-0.25, -0.2) is 13.5 Å². The number of nitriles is 1. The standard InChI is InChI=1S/C8H9BrF2N4/c1-13-3-5-8(9)6(2-12)15(14-5)4-7(10)11/h7,13H,3-4H2,1H3. The van der Waals surface area contributed by atoms with Crippen molar-refractivity contribution in [3.8, 4) is 6.07 Å². The van der Waals surface area contributed by atoms with Crippen LogP contribution in [0.15, 0.2) is 4.47 Å². The summed E-state index contributed by atoms with van der Waals surface area (Å²) in [6.07, 6.45) is -2.52. The van der Waals surface area contributed by atoms with Gasteiger partial charge < -0.3 is 5.32 Å². The van der Waals surface area contributed by atoms with Crippen LogP contribution in [0.4, 0.5) is 8.78 Å². The van der Waals surface area contributed by atoms with E-state index in [9.17, 15) is 8.78 Å². The molecule has 1 aromatic heterocycles. The second kappa shape index (κ2) is 5.19. The first kappa shape index (κ1) is 12.1. The van der Waals surface area contributed by atoms with Crippen molar-refractivity contribution in [2.24, 2.45) is 0 Å². The van der Waals surface area contributed by atoms with Gasteiger partial charge in [0.25, 0.3) is 6.43 Å². The Morgan fingerprint density at radius 3 is 2.80 bits per heavy atom. The zero-order valence-corrected chi connectivity index (χ0v) is 9.55. The molecule has 15 heavy (non-hydrogen) atoms. The first-order valence-electron chi connectivity index (χ1n) is 4.18. The van der Waals surface area contributed by atoms with Gasteiger partial charge in [-0.15, -0.1) is 0 Å². The van der Waals surface area contributed by atoms with Crippen molar-refractivity contribution < 1.29 is 8.78 Å². The fourth-order valence-corrected chi connectivity index (χ4v) is 1.65. The highest BCUT2D eigenvalue weighted by atomic mass is 79.9. The summed E-state index contributed by atoms with van der Waals surface area (Å²) >= 11 is 3.16. The number of aromatic nitrogens is 2. The average Bonchev–Trinajstić information content (AvgIpc) is 2.43. The number of hydrogen-bond donors (Lipinski definition) is 1. The molecule has 0 aliphatic heterocycles. The summed E-state index contributed by atoms with van der Waals surface area (Å²) in [4.78, 5) is 0. The van der Waals surface area contributed by atoms with Crippen LogP contribution in [0.3, 0.4) is 0 Å². The fraction of sp³-hybridized carbons (Fsp3) is 0.500. The molecule has 0 spiro atoms. The summed E-state index contributed by atoms with van der Waals surface area (Å²) < 4.78 is 25.8. The average molecular weight is 279 g/mol. The monoisotopic (exact) mass is 278 g/mol. The zero-order chi connectivity index (χ0) is 11.4. The molecule has 0 bridgehead atoms. The number of hydrogen-bond acceptors (Lipinski definition) is 3. The summed E-state index contributed by atoms with van der Waals surface area (Å²) in [5.74, 6) is 0. The maximum atomic E-state index is 12.2. The molecule has 0 amide bonds. The summed E-state index contributed by atoms with van der Waals surface area (Å²) in [5, 5.41) is 15.5. The van der Waals surface area contributed by atoms with Gasteiger partial charge in [-0.2, -0.15) is 10.4 Å². The second-order valence-electron chi connectivity index (χ2n) is 2.82. The van der Waals surface area contributed by atoms with E-state index in [1.54, 1.807) is 7.05 Å². The number of alkyl halides is 2. The molecule has 82 valence electrons. The van der Waals surface area contributed by atoms with E-state index in [1.165, 1.54) is 0 Å². The van der Waals surface area contributed by atoms with Crippen molar-refractivity contribution >= 4 is 15.9 Å². The highest BCUT2D eigenvalue weighted by molar-refractivity contribution is 9.10. The SMILES string of the molecule is CNCc1nn(CC(F)F)c(C#N)c1Br. The van der Waals surface area contributed by atoms with E-state index >= 15 is 0 Å². The third-order valence-electron chi connectivity index (χ3n) is 1.72. The fourth-order valence-electron chi connectivity index (χ4n) is 1.14. The van der Waals surface area contributed by atoms with Crippen molar-refractivity contribution in [3.63, 3.8) is 0 Å². The summed E-state index contributed by atoms with van der Waals surface area (Å²) in [6, 6.07) is 1.84. The maximum absolute atomic E-state index is 12.2.